The minimum atomic E-state index is -0.214. The molecule has 1 atom stereocenters. The van der Waals surface area contributed by atoms with E-state index >= 15 is 0 Å². The van der Waals surface area contributed by atoms with E-state index in [1.165, 1.54) is 13.3 Å². The van der Waals surface area contributed by atoms with Crippen molar-refractivity contribution in [2.45, 2.75) is 26.9 Å². The predicted octanol–water partition coefficient (Wildman–Crippen LogP) is 0.0705. The molecule has 2 heterocycles. The largest absolute Gasteiger partial charge is 0.373 e. The minimum Gasteiger partial charge on any atom is -0.373 e. The van der Waals surface area contributed by atoms with Gasteiger partial charge in [-0.1, -0.05) is 0 Å². The van der Waals surface area contributed by atoms with Gasteiger partial charge in [-0.15, -0.1) is 0 Å². The lowest BCUT2D eigenvalue weighted by Crippen LogP contribution is -2.49. The lowest BCUT2D eigenvalue weighted by Gasteiger charge is -2.32. The van der Waals surface area contributed by atoms with Gasteiger partial charge in [0, 0.05) is 26.6 Å². The van der Waals surface area contributed by atoms with E-state index in [2.05, 4.69) is 15.3 Å². The van der Waals surface area contributed by atoms with Gasteiger partial charge in [-0.25, -0.2) is 9.97 Å². The number of amides is 2. The molecule has 1 fully saturated rings. The number of aromatic nitrogens is 2. The summed E-state index contributed by atoms with van der Waals surface area (Å²) in [4.78, 5) is 33.4. The number of morpholine rings is 1. The van der Waals surface area contributed by atoms with Gasteiger partial charge in [0.25, 0.3) is 5.91 Å². The van der Waals surface area contributed by atoms with E-state index < -0.39 is 0 Å². The summed E-state index contributed by atoms with van der Waals surface area (Å²) in [5, 5.41) is 2.83. The van der Waals surface area contributed by atoms with Crippen LogP contribution in [0.15, 0.2) is 6.33 Å². The van der Waals surface area contributed by atoms with E-state index in [9.17, 15) is 9.59 Å². The summed E-state index contributed by atoms with van der Waals surface area (Å²) in [6.45, 7) is 7.04. The van der Waals surface area contributed by atoms with Gasteiger partial charge in [0.2, 0.25) is 5.91 Å². The maximum atomic E-state index is 12.2. The highest BCUT2D eigenvalue weighted by atomic mass is 16.5. The maximum absolute atomic E-state index is 12.2. The van der Waals surface area contributed by atoms with E-state index in [1.54, 1.807) is 18.7 Å². The van der Waals surface area contributed by atoms with Crippen molar-refractivity contribution in [1.29, 1.82) is 0 Å². The van der Waals surface area contributed by atoms with Crippen LogP contribution < -0.4 is 5.32 Å². The monoisotopic (exact) mass is 292 g/mol. The second-order valence-electron chi connectivity index (χ2n) is 5.09. The third kappa shape index (κ3) is 3.75. The topological polar surface area (TPSA) is 84.4 Å². The van der Waals surface area contributed by atoms with E-state index in [-0.39, 0.29) is 17.9 Å². The highest BCUT2D eigenvalue weighted by molar-refractivity contribution is 5.96. The van der Waals surface area contributed by atoms with Crippen molar-refractivity contribution >= 4 is 11.8 Å². The molecule has 1 aromatic rings. The van der Waals surface area contributed by atoms with Crippen LogP contribution in [0.1, 0.15) is 28.7 Å². The Morgan fingerprint density at radius 1 is 1.38 bits per heavy atom. The Morgan fingerprint density at radius 3 is 2.67 bits per heavy atom. The molecule has 2 amide bonds. The van der Waals surface area contributed by atoms with Gasteiger partial charge < -0.3 is 15.0 Å². The van der Waals surface area contributed by atoms with Crippen LogP contribution in [-0.2, 0) is 9.53 Å². The number of nitrogens with zero attached hydrogens (tertiary/aromatic N) is 3. The Balaban J connectivity index is 1.94. The number of rotatable bonds is 3. The van der Waals surface area contributed by atoms with Crippen LogP contribution in [0.5, 0.6) is 0 Å². The van der Waals surface area contributed by atoms with Gasteiger partial charge in [-0.2, -0.15) is 0 Å². The number of aryl methyl sites for hydroxylation is 2. The van der Waals surface area contributed by atoms with Crippen molar-refractivity contribution < 1.29 is 14.3 Å². The third-order valence-corrected chi connectivity index (χ3v) is 3.53. The van der Waals surface area contributed by atoms with Crippen molar-refractivity contribution in [3.63, 3.8) is 0 Å². The fourth-order valence-electron chi connectivity index (χ4n) is 2.35. The number of carbonyl (C=O) groups excluding carboxylic acids is 2. The molecule has 7 nitrogen and oxygen atoms in total. The molecule has 2 rings (SSSR count). The van der Waals surface area contributed by atoms with Gasteiger partial charge in [0.15, 0.2) is 0 Å². The summed E-state index contributed by atoms with van der Waals surface area (Å²) in [7, 11) is 0. The smallest absolute Gasteiger partial charge is 0.255 e. The quantitative estimate of drug-likeness (QED) is 0.852. The first kappa shape index (κ1) is 15.4. The molecule has 0 radical (unpaired) electrons. The fourth-order valence-corrected chi connectivity index (χ4v) is 2.35. The zero-order valence-corrected chi connectivity index (χ0v) is 12.5. The zero-order valence-electron chi connectivity index (χ0n) is 12.5. The number of hydrogen-bond acceptors (Lipinski definition) is 5. The molecule has 0 unspecified atom stereocenters. The van der Waals surface area contributed by atoms with Gasteiger partial charge in [0.1, 0.15) is 6.33 Å². The highest BCUT2D eigenvalue weighted by Gasteiger charge is 2.23. The van der Waals surface area contributed by atoms with Crippen LogP contribution in [0.25, 0.3) is 0 Å². The van der Waals surface area contributed by atoms with E-state index in [0.717, 1.165) is 0 Å². The molecule has 1 N–H and O–H groups in total. The van der Waals surface area contributed by atoms with Crippen LogP contribution in [0, 0.1) is 13.8 Å². The molecule has 0 aliphatic carbocycles. The highest BCUT2D eigenvalue weighted by Crippen LogP contribution is 2.09. The zero-order chi connectivity index (χ0) is 15.4. The average molecular weight is 292 g/mol. The number of hydrogen-bond donors (Lipinski definition) is 1. The molecule has 1 aliphatic rings. The Kier molecular flexibility index (Phi) is 4.85. The standard InChI is InChI=1S/C14H20N4O3/c1-9-13(10(2)17-8-16-9)14(20)15-6-12-7-18(11(3)19)4-5-21-12/h8,12H,4-7H2,1-3H3,(H,15,20)/t12-/m0/s1. The predicted molar refractivity (Wildman–Crippen MR) is 75.8 cm³/mol. The van der Waals surface area contributed by atoms with Crippen LogP contribution in [0.4, 0.5) is 0 Å². The molecule has 7 heteroatoms. The Labute approximate surface area is 123 Å². The molecule has 1 aliphatic heterocycles. The summed E-state index contributed by atoms with van der Waals surface area (Å²) in [5.74, 6) is -0.188. The van der Waals surface area contributed by atoms with Gasteiger partial charge in [-0.05, 0) is 13.8 Å². The van der Waals surface area contributed by atoms with Crippen LogP contribution in [-0.4, -0.2) is 59.0 Å². The number of ether oxygens (including phenoxy) is 1. The first-order valence-electron chi connectivity index (χ1n) is 6.92. The molecule has 114 valence electrons. The molecule has 0 spiro atoms. The summed E-state index contributed by atoms with van der Waals surface area (Å²) in [6, 6.07) is 0. The second-order valence-corrected chi connectivity index (χ2v) is 5.09. The second kappa shape index (κ2) is 6.62. The SMILES string of the molecule is CC(=O)N1CCO[C@@H](CNC(=O)c2c(C)ncnc2C)C1. The molecule has 0 aromatic carbocycles. The summed E-state index contributed by atoms with van der Waals surface area (Å²) in [6.07, 6.45) is 1.26. The molecule has 1 saturated heterocycles. The molecular formula is C14H20N4O3. The third-order valence-electron chi connectivity index (χ3n) is 3.53. The Hall–Kier alpha value is -2.02. The number of carbonyl (C=O) groups is 2. The fraction of sp³-hybridized carbons (Fsp3) is 0.571. The van der Waals surface area contributed by atoms with Crippen molar-refractivity contribution in [1.82, 2.24) is 20.2 Å². The maximum Gasteiger partial charge on any atom is 0.255 e. The molecule has 0 saturated carbocycles. The lowest BCUT2D eigenvalue weighted by molar-refractivity contribution is -0.136. The molecular weight excluding hydrogens is 272 g/mol. The normalized spacial score (nSPS) is 18.4. The van der Waals surface area contributed by atoms with Crippen LogP contribution >= 0.6 is 0 Å². The van der Waals surface area contributed by atoms with Crippen LogP contribution in [0.2, 0.25) is 0 Å². The van der Waals surface area contributed by atoms with Crippen molar-refractivity contribution in [3.05, 3.63) is 23.3 Å². The van der Waals surface area contributed by atoms with E-state index in [0.29, 0.717) is 43.2 Å². The average Bonchev–Trinajstić information content (AvgIpc) is 2.45. The Bertz CT molecular complexity index is 527. The number of nitrogens with one attached hydrogen (secondary N) is 1. The van der Waals surface area contributed by atoms with Gasteiger partial charge in [0.05, 0.1) is 29.7 Å². The van der Waals surface area contributed by atoms with Gasteiger partial charge in [-0.3, -0.25) is 9.59 Å². The van der Waals surface area contributed by atoms with E-state index in [4.69, 9.17) is 4.74 Å². The summed E-state index contributed by atoms with van der Waals surface area (Å²) >= 11 is 0. The van der Waals surface area contributed by atoms with Crippen LogP contribution in [0.3, 0.4) is 0 Å². The first-order valence-corrected chi connectivity index (χ1v) is 6.92. The summed E-state index contributed by atoms with van der Waals surface area (Å²) in [5.41, 5.74) is 1.79. The van der Waals surface area contributed by atoms with Gasteiger partial charge >= 0.3 is 0 Å². The molecule has 0 bridgehead atoms. The minimum absolute atomic E-state index is 0.0257. The lowest BCUT2D eigenvalue weighted by atomic mass is 10.1. The Morgan fingerprint density at radius 2 is 2.05 bits per heavy atom. The first-order chi connectivity index (χ1) is 9.99. The van der Waals surface area contributed by atoms with Crippen molar-refractivity contribution in [2.75, 3.05) is 26.2 Å². The summed E-state index contributed by atoms with van der Waals surface area (Å²) < 4.78 is 5.57. The molecule has 21 heavy (non-hydrogen) atoms. The van der Waals surface area contributed by atoms with Crippen molar-refractivity contribution in [3.8, 4) is 0 Å². The molecule has 1 aromatic heterocycles. The van der Waals surface area contributed by atoms with E-state index in [1.807, 2.05) is 0 Å². The van der Waals surface area contributed by atoms with Crippen molar-refractivity contribution in [2.24, 2.45) is 0 Å².